The number of fused-ring (bicyclic) bond motifs is 1. The van der Waals surface area contributed by atoms with Crippen molar-refractivity contribution in [1.29, 1.82) is 0 Å². The first-order valence-corrected chi connectivity index (χ1v) is 7.47. The van der Waals surface area contributed by atoms with Crippen molar-refractivity contribution in [1.82, 2.24) is 4.72 Å². The van der Waals surface area contributed by atoms with Crippen LogP contribution in [0, 0.1) is 0 Å². The third-order valence-corrected chi connectivity index (χ3v) is 3.14. The van der Waals surface area contributed by atoms with Crippen molar-refractivity contribution in [2.24, 2.45) is 0 Å². The molecule has 0 spiro atoms. The van der Waals surface area contributed by atoms with E-state index in [1.807, 2.05) is 0 Å². The number of rotatable bonds is 3. The van der Waals surface area contributed by atoms with Gasteiger partial charge in [0.2, 0.25) is 10.0 Å². The summed E-state index contributed by atoms with van der Waals surface area (Å²) in [4.78, 5) is 0. The number of ether oxygens (including phenoxy) is 2. The zero-order valence-electron chi connectivity index (χ0n) is 10.1. The predicted octanol–water partition coefficient (Wildman–Crippen LogP) is 0.479. The minimum Gasteiger partial charge on any atom is -0.489 e. The van der Waals surface area contributed by atoms with Crippen LogP contribution in [0.3, 0.4) is 0 Å². The van der Waals surface area contributed by atoms with Crippen molar-refractivity contribution in [2.45, 2.75) is 13.0 Å². The lowest BCUT2D eigenvalue weighted by molar-refractivity contribution is 0.296. The summed E-state index contributed by atoms with van der Waals surface area (Å²) in [5.74, 6) is 1.13. The molecule has 100 valence electrons. The third-order valence-electron chi connectivity index (χ3n) is 2.47. The van der Waals surface area contributed by atoms with Gasteiger partial charge in [0.25, 0.3) is 0 Å². The molecule has 0 saturated carbocycles. The molecule has 1 aromatic carbocycles. The summed E-state index contributed by atoms with van der Waals surface area (Å²) in [5, 5.41) is 0. The van der Waals surface area contributed by atoms with Gasteiger partial charge in [0.15, 0.2) is 11.5 Å². The fraction of sp³-hybridized carbons (Fsp3) is 0.455. The minimum atomic E-state index is -3.26. The van der Waals surface area contributed by atoms with Crippen LogP contribution in [0.2, 0.25) is 0 Å². The van der Waals surface area contributed by atoms with Gasteiger partial charge >= 0.3 is 0 Å². The van der Waals surface area contributed by atoms with Gasteiger partial charge in [-0.3, -0.25) is 0 Å². The molecule has 0 atom stereocenters. The summed E-state index contributed by atoms with van der Waals surface area (Å²) in [6.45, 7) is 1.24. The van der Waals surface area contributed by atoms with Crippen molar-refractivity contribution < 1.29 is 17.9 Å². The Labute approximate surface area is 106 Å². The van der Waals surface area contributed by atoms with Crippen LogP contribution >= 0.6 is 0 Å². The molecule has 0 amide bonds. The van der Waals surface area contributed by atoms with Crippen molar-refractivity contribution in [3.8, 4) is 11.5 Å². The smallest absolute Gasteiger partial charge is 0.209 e. The van der Waals surface area contributed by atoms with E-state index in [4.69, 9.17) is 15.2 Å². The van der Waals surface area contributed by atoms with Crippen LogP contribution in [-0.4, -0.2) is 27.9 Å². The highest BCUT2D eigenvalue weighted by Crippen LogP contribution is 2.35. The Morgan fingerprint density at radius 2 is 2.06 bits per heavy atom. The second-order valence-corrected chi connectivity index (χ2v) is 5.98. The molecule has 7 heteroatoms. The Morgan fingerprint density at radius 1 is 1.33 bits per heavy atom. The molecule has 1 heterocycles. The van der Waals surface area contributed by atoms with Gasteiger partial charge in [-0.15, -0.1) is 0 Å². The van der Waals surface area contributed by atoms with Crippen LogP contribution < -0.4 is 19.9 Å². The molecule has 1 aliphatic heterocycles. The van der Waals surface area contributed by atoms with Crippen LogP contribution in [0.25, 0.3) is 0 Å². The molecule has 3 N–H and O–H groups in total. The maximum absolute atomic E-state index is 11.1. The van der Waals surface area contributed by atoms with Crippen LogP contribution in [-0.2, 0) is 16.6 Å². The summed E-state index contributed by atoms with van der Waals surface area (Å²) in [6, 6.07) is 3.37. The highest BCUT2D eigenvalue weighted by Gasteiger charge is 2.16. The molecule has 1 aromatic rings. The van der Waals surface area contributed by atoms with E-state index in [0.717, 1.165) is 12.7 Å². The second-order valence-electron chi connectivity index (χ2n) is 4.15. The number of hydrogen-bond donors (Lipinski definition) is 2. The number of benzene rings is 1. The topological polar surface area (TPSA) is 90.7 Å². The molecule has 18 heavy (non-hydrogen) atoms. The van der Waals surface area contributed by atoms with Gasteiger partial charge in [0.05, 0.1) is 19.5 Å². The van der Waals surface area contributed by atoms with Crippen molar-refractivity contribution >= 4 is 15.7 Å². The lowest BCUT2D eigenvalue weighted by Crippen LogP contribution is -2.21. The number of sulfonamides is 1. The van der Waals surface area contributed by atoms with E-state index in [-0.39, 0.29) is 6.54 Å². The highest BCUT2D eigenvalue weighted by molar-refractivity contribution is 7.88. The van der Waals surface area contributed by atoms with E-state index >= 15 is 0 Å². The first kappa shape index (κ1) is 13.0. The molecule has 0 unspecified atom stereocenters. The lowest BCUT2D eigenvalue weighted by Gasteiger charge is -2.13. The maximum Gasteiger partial charge on any atom is 0.209 e. The molecule has 0 aliphatic carbocycles. The molecule has 0 aromatic heterocycles. The van der Waals surface area contributed by atoms with Crippen LogP contribution in [0.1, 0.15) is 12.0 Å². The van der Waals surface area contributed by atoms with E-state index in [2.05, 4.69) is 4.72 Å². The summed E-state index contributed by atoms with van der Waals surface area (Å²) in [6.07, 6.45) is 1.89. The van der Waals surface area contributed by atoms with Gasteiger partial charge in [-0.2, -0.15) is 0 Å². The van der Waals surface area contributed by atoms with Gasteiger partial charge in [0.1, 0.15) is 0 Å². The predicted molar refractivity (Wildman–Crippen MR) is 68.1 cm³/mol. The van der Waals surface area contributed by atoms with Crippen LogP contribution in [0.4, 0.5) is 5.69 Å². The SMILES string of the molecule is CS(=O)(=O)NCc1cc(N)cc2c1OCCCO2. The quantitative estimate of drug-likeness (QED) is 0.781. The largest absolute Gasteiger partial charge is 0.489 e. The molecule has 0 radical (unpaired) electrons. The molecule has 0 fully saturated rings. The van der Waals surface area contributed by atoms with Crippen molar-refractivity contribution in [3.63, 3.8) is 0 Å². The van der Waals surface area contributed by atoms with Gasteiger partial charge in [-0.05, 0) is 6.07 Å². The van der Waals surface area contributed by atoms with Crippen molar-refractivity contribution in [3.05, 3.63) is 17.7 Å². The molecule has 0 saturated heterocycles. The average molecular weight is 272 g/mol. The van der Waals surface area contributed by atoms with Gasteiger partial charge in [0, 0.05) is 30.3 Å². The summed E-state index contributed by atoms with van der Waals surface area (Å²) >= 11 is 0. The standard InChI is InChI=1S/C11H16N2O4S/c1-18(14,15)13-7-8-5-9(12)6-10-11(8)17-4-2-3-16-10/h5-6,13H,2-4,7,12H2,1H3. The van der Waals surface area contributed by atoms with Crippen LogP contribution in [0.5, 0.6) is 11.5 Å². The first-order chi connectivity index (χ1) is 8.46. The molecule has 0 bridgehead atoms. The molecular weight excluding hydrogens is 256 g/mol. The van der Waals surface area contributed by atoms with Crippen LogP contribution in [0.15, 0.2) is 12.1 Å². The monoisotopic (exact) mass is 272 g/mol. The normalized spacial score (nSPS) is 15.2. The number of nitrogen functional groups attached to an aromatic ring is 1. The third kappa shape index (κ3) is 3.27. The lowest BCUT2D eigenvalue weighted by atomic mass is 10.1. The fourth-order valence-corrected chi connectivity index (χ4v) is 2.13. The molecule has 1 aliphatic rings. The van der Waals surface area contributed by atoms with E-state index < -0.39 is 10.0 Å². The zero-order chi connectivity index (χ0) is 13.2. The Hall–Kier alpha value is -1.47. The van der Waals surface area contributed by atoms with E-state index in [0.29, 0.717) is 36.0 Å². The Kier molecular flexibility index (Phi) is 3.63. The highest BCUT2D eigenvalue weighted by atomic mass is 32.2. The number of nitrogens with two attached hydrogens (primary N) is 1. The Morgan fingerprint density at radius 3 is 2.78 bits per heavy atom. The number of hydrogen-bond acceptors (Lipinski definition) is 5. The fourth-order valence-electron chi connectivity index (χ4n) is 1.71. The number of anilines is 1. The first-order valence-electron chi connectivity index (χ1n) is 5.58. The van der Waals surface area contributed by atoms with Crippen molar-refractivity contribution in [2.75, 3.05) is 25.2 Å². The Balaban J connectivity index is 2.31. The minimum absolute atomic E-state index is 0.134. The second kappa shape index (κ2) is 5.03. The van der Waals surface area contributed by atoms with E-state index in [9.17, 15) is 8.42 Å². The summed E-state index contributed by atoms with van der Waals surface area (Å²) in [7, 11) is -3.26. The summed E-state index contributed by atoms with van der Waals surface area (Å²) < 4.78 is 35.7. The van der Waals surface area contributed by atoms with Gasteiger partial charge in [-0.1, -0.05) is 0 Å². The molecule has 2 rings (SSSR count). The Bertz CT molecular complexity index is 542. The summed E-state index contributed by atoms with van der Waals surface area (Å²) in [5.41, 5.74) is 6.96. The molecule has 6 nitrogen and oxygen atoms in total. The number of nitrogens with one attached hydrogen (secondary N) is 1. The van der Waals surface area contributed by atoms with E-state index in [1.54, 1.807) is 12.1 Å². The van der Waals surface area contributed by atoms with Gasteiger partial charge in [-0.25, -0.2) is 13.1 Å². The maximum atomic E-state index is 11.1. The zero-order valence-corrected chi connectivity index (χ0v) is 10.9. The van der Waals surface area contributed by atoms with E-state index in [1.165, 1.54) is 0 Å². The van der Waals surface area contributed by atoms with Gasteiger partial charge < -0.3 is 15.2 Å². The average Bonchev–Trinajstić information content (AvgIpc) is 2.49. The molecular formula is C11H16N2O4S.